The molecule has 0 aromatic heterocycles. The van der Waals surface area contributed by atoms with Crippen molar-refractivity contribution in [1.82, 2.24) is 4.90 Å². The number of piperidine rings is 1. The number of hydrogen-bond acceptors (Lipinski definition) is 4. The quantitative estimate of drug-likeness (QED) is 0.653. The summed E-state index contributed by atoms with van der Waals surface area (Å²) in [4.78, 5) is 13.8. The molecule has 1 fully saturated rings. The van der Waals surface area contributed by atoms with E-state index in [1.54, 1.807) is 0 Å². The SMILES string of the molecule is CCOCCCC(=O)N1CCC(OCCN)CC1. The van der Waals surface area contributed by atoms with Gasteiger partial charge in [0, 0.05) is 39.3 Å². The van der Waals surface area contributed by atoms with Crippen LogP contribution in [0.4, 0.5) is 0 Å². The van der Waals surface area contributed by atoms with Crippen molar-refractivity contribution in [3.63, 3.8) is 0 Å². The summed E-state index contributed by atoms with van der Waals surface area (Å²) in [6, 6.07) is 0. The minimum absolute atomic E-state index is 0.243. The van der Waals surface area contributed by atoms with E-state index < -0.39 is 0 Å². The van der Waals surface area contributed by atoms with Gasteiger partial charge in [-0.3, -0.25) is 4.79 Å². The van der Waals surface area contributed by atoms with Crippen molar-refractivity contribution in [2.75, 3.05) is 39.5 Å². The Hall–Kier alpha value is -0.650. The van der Waals surface area contributed by atoms with Gasteiger partial charge in [-0.15, -0.1) is 0 Å². The highest BCUT2D eigenvalue weighted by atomic mass is 16.5. The molecule has 0 aromatic rings. The second kappa shape index (κ2) is 9.30. The highest BCUT2D eigenvalue weighted by Crippen LogP contribution is 2.14. The van der Waals surface area contributed by atoms with Crippen LogP contribution in [0.1, 0.15) is 32.6 Å². The lowest BCUT2D eigenvalue weighted by molar-refractivity contribution is -0.134. The molecule has 0 aliphatic carbocycles. The summed E-state index contributed by atoms with van der Waals surface area (Å²) in [5.41, 5.74) is 5.40. The predicted octanol–water partition coefficient (Wildman–Crippen LogP) is 0.769. The Balaban J connectivity index is 2.11. The highest BCUT2D eigenvalue weighted by Gasteiger charge is 2.22. The van der Waals surface area contributed by atoms with Crippen LogP contribution in [-0.4, -0.2) is 56.4 Å². The van der Waals surface area contributed by atoms with Crippen molar-refractivity contribution in [3.05, 3.63) is 0 Å². The molecule has 1 amide bonds. The number of rotatable bonds is 8. The Kier molecular flexibility index (Phi) is 7.96. The number of carbonyl (C=O) groups excluding carboxylic acids is 1. The van der Waals surface area contributed by atoms with Gasteiger partial charge >= 0.3 is 0 Å². The van der Waals surface area contributed by atoms with Crippen LogP contribution in [0.3, 0.4) is 0 Å². The summed E-state index contributed by atoms with van der Waals surface area (Å²) in [7, 11) is 0. The van der Waals surface area contributed by atoms with Crippen LogP contribution in [0.5, 0.6) is 0 Å². The third-order valence-electron chi connectivity index (χ3n) is 3.15. The summed E-state index contributed by atoms with van der Waals surface area (Å²) in [5.74, 6) is 0.243. The first kappa shape index (κ1) is 15.4. The Morgan fingerprint density at radius 1 is 1.33 bits per heavy atom. The highest BCUT2D eigenvalue weighted by molar-refractivity contribution is 5.76. The lowest BCUT2D eigenvalue weighted by Gasteiger charge is -2.32. The standard InChI is InChI=1S/C13H26N2O3/c1-2-17-10-3-4-13(16)15-8-5-12(6-9-15)18-11-7-14/h12H,2-11,14H2,1H3. The minimum atomic E-state index is 0.243. The van der Waals surface area contributed by atoms with Gasteiger partial charge < -0.3 is 20.1 Å². The maximum atomic E-state index is 11.9. The zero-order valence-electron chi connectivity index (χ0n) is 11.4. The molecule has 1 rings (SSSR count). The largest absolute Gasteiger partial charge is 0.382 e. The van der Waals surface area contributed by atoms with Gasteiger partial charge in [0.25, 0.3) is 0 Å². The second-order valence-corrected chi connectivity index (χ2v) is 4.54. The maximum Gasteiger partial charge on any atom is 0.222 e. The van der Waals surface area contributed by atoms with E-state index in [1.165, 1.54) is 0 Å². The molecule has 1 heterocycles. The Morgan fingerprint density at radius 2 is 2.06 bits per heavy atom. The van der Waals surface area contributed by atoms with E-state index in [9.17, 15) is 4.79 Å². The van der Waals surface area contributed by atoms with Gasteiger partial charge in [0.2, 0.25) is 5.91 Å². The summed E-state index contributed by atoms with van der Waals surface area (Å²) in [6.45, 7) is 6.17. The lowest BCUT2D eigenvalue weighted by Crippen LogP contribution is -2.41. The van der Waals surface area contributed by atoms with E-state index in [1.807, 2.05) is 11.8 Å². The number of nitrogens with zero attached hydrogens (tertiary/aromatic N) is 1. The van der Waals surface area contributed by atoms with Gasteiger partial charge in [-0.1, -0.05) is 0 Å². The van der Waals surface area contributed by atoms with Crippen molar-refractivity contribution in [3.8, 4) is 0 Å². The van der Waals surface area contributed by atoms with Crippen LogP contribution in [0.15, 0.2) is 0 Å². The molecule has 0 bridgehead atoms. The number of amides is 1. The van der Waals surface area contributed by atoms with E-state index in [-0.39, 0.29) is 12.0 Å². The lowest BCUT2D eigenvalue weighted by atomic mass is 10.1. The summed E-state index contributed by atoms with van der Waals surface area (Å²) >= 11 is 0. The van der Waals surface area contributed by atoms with Gasteiger partial charge in [-0.2, -0.15) is 0 Å². The maximum absolute atomic E-state index is 11.9. The molecule has 0 aromatic carbocycles. The van der Waals surface area contributed by atoms with Crippen LogP contribution in [-0.2, 0) is 14.3 Å². The zero-order chi connectivity index (χ0) is 13.2. The fraction of sp³-hybridized carbons (Fsp3) is 0.923. The molecule has 0 spiro atoms. The molecule has 0 radical (unpaired) electrons. The van der Waals surface area contributed by atoms with Crippen LogP contribution >= 0.6 is 0 Å². The predicted molar refractivity (Wildman–Crippen MR) is 70.3 cm³/mol. The first-order valence-electron chi connectivity index (χ1n) is 6.95. The molecule has 1 saturated heterocycles. The topological polar surface area (TPSA) is 64.8 Å². The smallest absolute Gasteiger partial charge is 0.222 e. The Labute approximate surface area is 110 Å². The van der Waals surface area contributed by atoms with Gasteiger partial charge in [-0.25, -0.2) is 0 Å². The molecule has 1 aliphatic heterocycles. The number of hydrogen-bond donors (Lipinski definition) is 1. The molecule has 5 heteroatoms. The molecular formula is C13H26N2O3. The van der Waals surface area contributed by atoms with E-state index in [2.05, 4.69) is 0 Å². The third kappa shape index (κ3) is 5.80. The molecular weight excluding hydrogens is 232 g/mol. The van der Waals surface area contributed by atoms with Gasteiger partial charge in [0.15, 0.2) is 0 Å². The van der Waals surface area contributed by atoms with E-state index in [4.69, 9.17) is 15.2 Å². The van der Waals surface area contributed by atoms with Crippen molar-refractivity contribution in [2.45, 2.75) is 38.7 Å². The average molecular weight is 258 g/mol. The van der Waals surface area contributed by atoms with Crippen molar-refractivity contribution in [1.29, 1.82) is 0 Å². The van der Waals surface area contributed by atoms with Crippen molar-refractivity contribution < 1.29 is 14.3 Å². The first-order chi connectivity index (χ1) is 8.77. The monoisotopic (exact) mass is 258 g/mol. The molecule has 106 valence electrons. The first-order valence-corrected chi connectivity index (χ1v) is 6.95. The number of carbonyl (C=O) groups is 1. The van der Waals surface area contributed by atoms with E-state index >= 15 is 0 Å². The van der Waals surface area contributed by atoms with Crippen molar-refractivity contribution >= 4 is 5.91 Å². The molecule has 0 atom stereocenters. The van der Waals surface area contributed by atoms with Crippen LogP contribution in [0.25, 0.3) is 0 Å². The molecule has 2 N–H and O–H groups in total. The number of likely N-dealkylation sites (tertiary alicyclic amines) is 1. The average Bonchev–Trinajstić information content (AvgIpc) is 2.41. The van der Waals surface area contributed by atoms with Crippen LogP contribution < -0.4 is 5.73 Å². The normalized spacial score (nSPS) is 17.1. The fourth-order valence-corrected chi connectivity index (χ4v) is 2.13. The Bertz CT molecular complexity index is 228. The molecule has 5 nitrogen and oxygen atoms in total. The number of ether oxygens (including phenoxy) is 2. The van der Waals surface area contributed by atoms with E-state index in [0.717, 1.165) is 39.0 Å². The zero-order valence-corrected chi connectivity index (χ0v) is 11.4. The third-order valence-corrected chi connectivity index (χ3v) is 3.15. The fourth-order valence-electron chi connectivity index (χ4n) is 2.13. The van der Waals surface area contributed by atoms with E-state index in [0.29, 0.717) is 26.2 Å². The van der Waals surface area contributed by atoms with Gasteiger partial charge in [0.05, 0.1) is 12.7 Å². The molecule has 0 saturated carbocycles. The van der Waals surface area contributed by atoms with Crippen LogP contribution in [0, 0.1) is 0 Å². The number of nitrogens with two attached hydrogens (primary N) is 1. The Morgan fingerprint density at radius 3 is 2.67 bits per heavy atom. The summed E-state index contributed by atoms with van der Waals surface area (Å²) < 4.78 is 10.8. The van der Waals surface area contributed by atoms with Gasteiger partial charge in [0.1, 0.15) is 0 Å². The van der Waals surface area contributed by atoms with Crippen LogP contribution in [0.2, 0.25) is 0 Å². The molecule has 18 heavy (non-hydrogen) atoms. The molecule has 1 aliphatic rings. The minimum Gasteiger partial charge on any atom is -0.382 e. The summed E-state index contributed by atoms with van der Waals surface area (Å²) in [6.07, 6.45) is 3.54. The summed E-state index contributed by atoms with van der Waals surface area (Å²) in [5, 5.41) is 0. The van der Waals surface area contributed by atoms with Crippen molar-refractivity contribution in [2.24, 2.45) is 5.73 Å². The second-order valence-electron chi connectivity index (χ2n) is 4.54. The molecule has 0 unspecified atom stereocenters. The van der Waals surface area contributed by atoms with Gasteiger partial charge in [-0.05, 0) is 26.2 Å².